The molecule has 0 amide bonds. The van der Waals surface area contributed by atoms with Crippen LogP contribution in [0.3, 0.4) is 0 Å². The van der Waals surface area contributed by atoms with Crippen molar-refractivity contribution in [2.75, 3.05) is 31.5 Å². The fraction of sp³-hybridized carbons (Fsp3) is 0.647. The Bertz CT molecular complexity index is 348. The molecule has 0 aromatic heterocycles. The summed E-state index contributed by atoms with van der Waals surface area (Å²) in [7, 11) is 0. The number of para-hydroxylation sites is 1. The molecule has 2 nitrogen and oxygen atoms in total. The summed E-state index contributed by atoms with van der Waals surface area (Å²) in [6.45, 7) is 15.8. The zero-order chi connectivity index (χ0) is 14.3. The second kappa shape index (κ2) is 8.21. The highest BCUT2D eigenvalue weighted by Gasteiger charge is 2.09. The van der Waals surface area contributed by atoms with Crippen LogP contribution in [0.15, 0.2) is 24.3 Å². The number of nitrogens with zero attached hydrogens (tertiary/aromatic N) is 1. The van der Waals surface area contributed by atoms with Crippen LogP contribution >= 0.6 is 0 Å². The molecule has 0 unspecified atom stereocenters. The molecule has 1 aromatic carbocycles. The van der Waals surface area contributed by atoms with Gasteiger partial charge in [-0.25, -0.2) is 0 Å². The summed E-state index contributed by atoms with van der Waals surface area (Å²) in [6.07, 6.45) is 0. The van der Waals surface area contributed by atoms with Gasteiger partial charge in [-0.3, -0.25) is 0 Å². The first-order chi connectivity index (χ1) is 8.99. The highest BCUT2D eigenvalue weighted by molar-refractivity contribution is 5.50. The summed E-state index contributed by atoms with van der Waals surface area (Å²) in [6, 6.07) is 8.49. The van der Waals surface area contributed by atoms with Crippen molar-refractivity contribution in [1.29, 1.82) is 0 Å². The lowest BCUT2D eigenvalue weighted by Crippen LogP contribution is -2.35. The van der Waals surface area contributed by atoms with Crippen LogP contribution in [0.2, 0.25) is 0 Å². The number of nitrogens with one attached hydrogen (secondary N) is 1. The summed E-state index contributed by atoms with van der Waals surface area (Å²) in [4.78, 5) is 2.57. The Morgan fingerprint density at radius 1 is 1.00 bits per heavy atom. The molecule has 0 aliphatic rings. The van der Waals surface area contributed by atoms with E-state index in [-0.39, 0.29) is 0 Å². The van der Waals surface area contributed by atoms with Gasteiger partial charge in [-0.1, -0.05) is 45.9 Å². The number of rotatable bonds is 8. The Morgan fingerprint density at radius 3 is 2.11 bits per heavy atom. The van der Waals surface area contributed by atoms with Crippen molar-refractivity contribution in [3.05, 3.63) is 29.8 Å². The third-order valence-corrected chi connectivity index (χ3v) is 3.14. The second-order valence-corrected chi connectivity index (χ2v) is 6.29. The van der Waals surface area contributed by atoms with Gasteiger partial charge in [0.15, 0.2) is 0 Å². The van der Waals surface area contributed by atoms with Gasteiger partial charge in [-0.15, -0.1) is 0 Å². The summed E-state index contributed by atoms with van der Waals surface area (Å²) >= 11 is 0. The lowest BCUT2D eigenvalue weighted by molar-refractivity contribution is 0.227. The lowest BCUT2D eigenvalue weighted by atomic mass is 10.1. The van der Waals surface area contributed by atoms with Crippen LogP contribution in [-0.2, 0) is 0 Å². The van der Waals surface area contributed by atoms with E-state index in [0.717, 1.165) is 24.9 Å². The molecular formula is C17H30N2. The van der Waals surface area contributed by atoms with E-state index in [1.54, 1.807) is 0 Å². The standard InChI is InChI=1S/C17H30N2/c1-14(2)12-19(13-15(3)4)11-10-18-17-9-7-6-8-16(17)5/h6-9,14-15,18H,10-13H2,1-5H3. The van der Waals surface area contributed by atoms with Crippen LogP contribution in [0.1, 0.15) is 33.3 Å². The highest BCUT2D eigenvalue weighted by Crippen LogP contribution is 2.12. The van der Waals surface area contributed by atoms with Crippen molar-refractivity contribution in [3.8, 4) is 0 Å². The minimum absolute atomic E-state index is 0.734. The smallest absolute Gasteiger partial charge is 0.0370 e. The van der Waals surface area contributed by atoms with Gasteiger partial charge in [0, 0.05) is 31.9 Å². The van der Waals surface area contributed by atoms with Crippen molar-refractivity contribution in [2.45, 2.75) is 34.6 Å². The molecule has 1 aromatic rings. The third-order valence-electron chi connectivity index (χ3n) is 3.14. The van der Waals surface area contributed by atoms with Gasteiger partial charge >= 0.3 is 0 Å². The van der Waals surface area contributed by atoms with E-state index in [4.69, 9.17) is 0 Å². The van der Waals surface area contributed by atoms with Gasteiger partial charge in [0.25, 0.3) is 0 Å². The monoisotopic (exact) mass is 262 g/mol. The van der Waals surface area contributed by atoms with Gasteiger partial charge in [0.1, 0.15) is 0 Å². The molecular weight excluding hydrogens is 232 g/mol. The maximum Gasteiger partial charge on any atom is 0.0370 e. The Balaban J connectivity index is 2.41. The molecule has 0 spiro atoms. The molecule has 0 saturated heterocycles. The fourth-order valence-electron chi connectivity index (χ4n) is 2.41. The molecule has 19 heavy (non-hydrogen) atoms. The van der Waals surface area contributed by atoms with E-state index in [9.17, 15) is 0 Å². The third kappa shape index (κ3) is 6.63. The first-order valence-electron chi connectivity index (χ1n) is 7.51. The van der Waals surface area contributed by atoms with Gasteiger partial charge < -0.3 is 10.2 Å². The Kier molecular flexibility index (Phi) is 6.93. The van der Waals surface area contributed by atoms with E-state index >= 15 is 0 Å². The topological polar surface area (TPSA) is 15.3 Å². The SMILES string of the molecule is Cc1ccccc1NCCN(CC(C)C)CC(C)C. The number of benzene rings is 1. The molecule has 0 atom stereocenters. The lowest BCUT2D eigenvalue weighted by Gasteiger charge is -2.26. The fourth-order valence-corrected chi connectivity index (χ4v) is 2.41. The molecule has 1 rings (SSSR count). The Labute approximate surface area is 119 Å². The Morgan fingerprint density at radius 2 is 1.58 bits per heavy atom. The molecule has 0 saturated carbocycles. The number of hydrogen-bond acceptors (Lipinski definition) is 2. The molecule has 0 fully saturated rings. The van der Waals surface area contributed by atoms with Gasteiger partial charge in [-0.2, -0.15) is 0 Å². The molecule has 0 aliphatic heterocycles. The van der Waals surface area contributed by atoms with Crippen molar-refractivity contribution in [1.82, 2.24) is 4.90 Å². The highest BCUT2D eigenvalue weighted by atomic mass is 15.1. The minimum atomic E-state index is 0.734. The first-order valence-corrected chi connectivity index (χ1v) is 7.51. The maximum atomic E-state index is 3.55. The summed E-state index contributed by atoms with van der Waals surface area (Å²) < 4.78 is 0. The zero-order valence-corrected chi connectivity index (χ0v) is 13.2. The Hall–Kier alpha value is -1.02. The second-order valence-electron chi connectivity index (χ2n) is 6.29. The first kappa shape index (κ1) is 16.0. The predicted molar refractivity (Wildman–Crippen MR) is 85.8 cm³/mol. The van der Waals surface area contributed by atoms with Gasteiger partial charge in [0.05, 0.1) is 0 Å². The van der Waals surface area contributed by atoms with Crippen LogP contribution in [-0.4, -0.2) is 31.1 Å². The molecule has 1 N–H and O–H groups in total. The van der Waals surface area contributed by atoms with E-state index < -0.39 is 0 Å². The summed E-state index contributed by atoms with van der Waals surface area (Å²) in [5.74, 6) is 1.47. The van der Waals surface area contributed by atoms with Crippen LogP contribution in [0, 0.1) is 18.8 Å². The van der Waals surface area contributed by atoms with Crippen LogP contribution < -0.4 is 5.32 Å². The molecule has 0 aliphatic carbocycles. The normalized spacial score (nSPS) is 11.6. The van der Waals surface area contributed by atoms with Gasteiger partial charge in [0.2, 0.25) is 0 Å². The molecule has 0 heterocycles. The largest absolute Gasteiger partial charge is 0.384 e. The molecule has 0 bridgehead atoms. The number of aryl methyl sites for hydroxylation is 1. The molecule has 2 heteroatoms. The van der Waals surface area contributed by atoms with Gasteiger partial charge in [-0.05, 0) is 30.4 Å². The van der Waals surface area contributed by atoms with E-state index in [1.165, 1.54) is 24.3 Å². The van der Waals surface area contributed by atoms with E-state index in [0.29, 0.717) is 0 Å². The quantitative estimate of drug-likeness (QED) is 0.761. The van der Waals surface area contributed by atoms with Crippen LogP contribution in [0.5, 0.6) is 0 Å². The summed E-state index contributed by atoms with van der Waals surface area (Å²) in [5, 5.41) is 3.55. The maximum absolute atomic E-state index is 3.55. The summed E-state index contributed by atoms with van der Waals surface area (Å²) in [5.41, 5.74) is 2.58. The van der Waals surface area contributed by atoms with Crippen LogP contribution in [0.4, 0.5) is 5.69 Å². The minimum Gasteiger partial charge on any atom is -0.384 e. The van der Waals surface area contributed by atoms with E-state index in [2.05, 4.69) is 69.1 Å². The van der Waals surface area contributed by atoms with Crippen molar-refractivity contribution in [3.63, 3.8) is 0 Å². The predicted octanol–water partition coefficient (Wildman–Crippen LogP) is 4.02. The van der Waals surface area contributed by atoms with E-state index in [1.807, 2.05) is 0 Å². The average molecular weight is 262 g/mol. The molecule has 0 radical (unpaired) electrons. The van der Waals surface area contributed by atoms with Crippen molar-refractivity contribution >= 4 is 5.69 Å². The average Bonchev–Trinajstić information content (AvgIpc) is 2.30. The zero-order valence-electron chi connectivity index (χ0n) is 13.2. The number of anilines is 1. The van der Waals surface area contributed by atoms with Crippen LogP contribution in [0.25, 0.3) is 0 Å². The molecule has 108 valence electrons. The van der Waals surface area contributed by atoms with Crippen molar-refractivity contribution in [2.24, 2.45) is 11.8 Å². The van der Waals surface area contributed by atoms with Crippen molar-refractivity contribution < 1.29 is 0 Å². The number of hydrogen-bond donors (Lipinski definition) is 1.